The van der Waals surface area contributed by atoms with Crippen LogP contribution in [0.4, 0.5) is 0 Å². The Morgan fingerprint density at radius 3 is 2.69 bits per heavy atom. The zero-order valence-electron chi connectivity index (χ0n) is 14.8. The number of benzene rings is 2. The maximum Gasteiger partial charge on any atom is 0.253 e. The lowest BCUT2D eigenvalue weighted by Crippen LogP contribution is -2.40. The minimum absolute atomic E-state index is 0.0668. The van der Waals surface area contributed by atoms with Gasteiger partial charge in [0.15, 0.2) is 6.10 Å². The topological polar surface area (TPSA) is 58.6 Å². The van der Waals surface area contributed by atoms with Crippen LogP contribution in [0.3, 0.4) is 0 Å². The number of carbonyl (C=O) groups excluding carboxylic acids is 1. The fourth-order valence-corrected chi connectivity index (χ4v) is 3.81. The SMILES string of the molecule is COc1ccc(C2CCCC(NC(=O)[C@H](O)c3cccc(Cl)c3)C2)cc1. The highest BCUT2D eigenvalue weighted by molar-refractivity contribution is 6.30. The molecule has 2 aromatic carbocycles. The molecule has 0 saturated heterocycles. The second kappa shape index (κ2) is 8.56. The van der Waals surface area contributed by atoms with E-state index in [1.807, 2.05) is 12.1 Å². The molecule has 0 aliphatic heterocycles. The molecule has 1 saturated carbocycles. The molecule has 0 spiro atoms. The first-order chi connectivity index (χ1) is 12.6. The number of hydrogen-bond donors (Lipinski definition) is 2. The molecule has 5 heteroatoms. The largest absolute Gasteiger partial charge is 0.497 e. The number of hydrogen-bond acceptors (Lipinski definition) is 3. The molecule has 1 aliphatic rings. The summed E-state index contributed by atoms with van der Waals surface area (Å²) in [5.41, 5.74) is 1.78. The lowest BCUT2D eigenvalue weighted by Gasteiger charge is -2.30. The van der Waals surface area contributed by atoms with Gasteiger partial charge in [-0.2, -0.15) is 0 Å². The van der Waals surface area contributed by atoms with Crippen LogP contribution in [0.25, 0.3) is 0 Å². The van der Waals surface area contributed by atoms with E-state index in [1.165, 1.54) is 5.56 Å². The fraction of sp³-hybridized carbons (Fsp3) is 0.381. The Kier molecular flexibility index (Phi) is 6.17. The molecule has 0 aromatic heterocycles. The van der Waals surface area contributed by atoms with E-state index in [0.29, 0.717) is 16.5 Å². The van der Waals surface area contributed by atoms with Gasteiger partial charge in [-0.15, -0.1) is 0 Å². The third kappa shape index (κ3) is 4.57. The van der Waals surface area contributed by atoms with Gasteiger partial charge in [0, 0.05) is 11.1 Å². The molecule has 0 bridgehead atoms. The fourth-order valence-electron chi connectivity index (χ4n) is 3.61. The number of amides is 1. The maximum atomic E-state index is 12.4. The lowest BCUT2D eigenvalue weighted by molar-refractivity contribution is -0.130. The molecule has 26 heavy (non-hydrogen) atoms. The van der Waals surface area contributed by atoms with E-state index in [1.54, 1.807) is 31.4 Å². The smallest absolute Gasteiger partial charge is 0.253 e. The quantitative estimate of drug-likeness (QED) is 0.824. The summed E-state index contributed by atoms with van der Waals surface area (Å²) in [4.78, 5) is 12.4. The number of rotatable bonds is 5. The molecule has 2 unspecified atom stereocenters. The van der Waals surface area contributed by atoms with E-state index in [2.05, 4.69) is 17.4 Å². The molecule has 2 aromatic rings. The molecular weight excluding hydrogens is 350 g/mol. The van der Waals surface area contributed by atoms with Crippen LogP contribution in [0.2, 0.25) is 5.02 Å². The first-order valence-corrected chi connectivity index (χ1v) is 9.32. The van der Waals surface area contributed by atoms with Crippen LogP contribution in [0.5, 0.6) is 5.75 Å². The van der Waals surface area contributed by atoms with Crippen molar-refractivity contribution in [2.75, 3.05) is 7.11 Å². The second-order valence-corrected chi connectivity index (χ2v) is 7.24. The lowest BCUT2D eigenvalue weighted by atomic mass is 9.81. The van der Waals surface area contributed by atoms with Crippen molar-refractivity contribution in [3.05, 3.63) is 64.7 Å². The van der Waals surface area contributed by atoms with Gasteiger partial charge in [0.2, 0.25) is 0 Å². The molecule has 2 N–H and O–H groups in total. The molecule has 0 heterocycles. The zero-order valence-corrected chi connectivity index (χ0v) is 15.6. The molecule has 3 rings (SSSR count). The van der Waals surface area contributed by atoms with Crippen molar-refractivity contribution in [2.24, 2.45) is 0 Å². The number of halogens is 1. The predicted molar refractivity (Wildman–Crippen MR) is 103 cm³/mol. The Morgan fingerprint density at radius 2 is 2.00 bits per heavy atom. The Bertz CT molecular complexity index is 747. The summed E-state index contributed by atoms with van der Waals surface area (Å²) in [6, 6.07) is 15.0. The van der Waals surface area contributed by atoms with Gasteiger partial charge >= 0.3 is 0 Å². The van der Waals surface area contributed by atoms with Crippen LogP contribution < -0.4 is 10.1 Å². The average molecular weight is 374 g/mol. The van der Waals surface area contributed by atoms with Gasteiger partial charge in [-0.25, -0.2) is 0 Å². The number of carbonyl (C=O) groups is 1. The van der Waals surface area contributed by atoms with Crippen LogP contribution in [0, 0.1) is 0 Å². The van der Waals surface area contributed by atoms with Crippen molar-refractivity contribution >= 4 is 17.5 Å². The third-order valence-corrected chi connectivity index (χ3v) is 5.26. The summed E-state index contributed by atoms with van der Waals surface area (Å²) < 4.78 is 5.21. The summed E-state index contributed by atoms with van der Waals surface area (Å²) in [7, 11) is 1.66. The van der Waals surface area contributed by atoms with Crippen LogP contribution in [0.15, 0.2) is 48.5 Å². The number of aliphatic hydroxyl groups excluding tert-OH is 1. The van der Waals surface area contributed by atoms with E-state index in [-0.39, 0.29) is 11.9 Å². The van der Waals surface area contributed by atoms with Gasteiger partial charge in [0.05, 0.1) is 7.11 Å². The highest BCUT2D eigenvalue weighted by atomic mass is 35.5. The normalized spacial score (nSPS) is 21.0. The molecule has 4 nitrogen and oxygen atoms in total. The zero-order chi connectivity index (χ0) is 18.5. The summed E-state index contributed by atoms with van der Waals surface area (Å²) >= 11 is 5.94. The Morgan fingerprint density at radius 1 is 1.23 bits per heavy atom. The Labute approximate surface area is 159 Å². The van der Waals surface area contributed by atoms with Crippen molar-refractivity contribution in [3.63, 3.8) is 0 Å². The molecule has 1 aliphatic carbocycles. The summed E-state index contributed by atoms with van der Waals surface area (Å²) in [6.07, 6.45) is 2.76. The molecule has 0 radical (unpaired) electrons. The van der Waals surface area contributed by atoms with E-state index in [4.69, 9.17) is 16.3 Å². The van der Waals surface area contributed by atoms with Crippen LogP contribution in [0.1, 0.15) is 48.8 Å². The van der Waals surface area contributed by atoms with E-state index >= 15 is 0 Å². The van der Waals surface area contributed by atoms with Gasteiger partial charge < -0.3 is 15.2 Å². The van der Waals surface area contributed by atoms with Crippen LogP contribution in [-0.4, -0.2) is 24.2 Å². The minimum Gasteiger partial charge on any atom is -0.497 e. The van der Waals surface area contributed by atoms with Crippen molar-refractivity contribution < 1.29 is 14.6 Å². The summed E-state index contributed by atoms with van der Waals surface area (Å²) in [5, 5.41) is 13.8. The number of aliphatic hydroxyl groups is 1. The van der Waals surface area contributed by atoms with Gasteiger partial charge in [0.25, 0.3) is 5.91 Å². The molecule has 1 fully saturated rings. The predicted octanol–water partition coefficient (Wildman–Crippen LogP) is 4.22. The standard InChI is InChI=1S/C21H24ClNO3/c1-26-19-10-8-14(9-11-19)15-4-3-7-18(13-15)23-21(25)20(24)16-5-2-6-17(22)12-16/h2,5-6,8-12,15,18,20,24H,3-4,7,13H2,1H3,(H,23,25)/t15?,18?,20-/m1/s1. The van der Waals surface area contributed by atoms with Crippen LogP contribution in [-0.2, 0) is 4.79 Å². The second-order valence-electron chi connectivity index (χ2n) is 6.80. The van der Waals surface area contributed by atoms with E-state index in [0.717, 1.165) is 31.4 Å². The van der Waals surface area contributed by atoms with Crippen molar-refractivity contribution in [3.8, 4) is 5.75 Å². The average Bonchev–Trinajstić information content (AvgIpc) is 2.67. The first kappa shape index (κ1) is 18.7. The van der Waals surface area contributed by atoms with Gasteiger partial charge in [-0.3, -0.25) is 4.79 Å². The number of nitrogens with one attached hydrogen (secondary N) is 1. The Balaban J connectivity index is 1.61. The van der Waals surface area contributed by atoms with E-state index in [9.17, 15) is 9.90 Å². The van der Waals surface area contributed by atoms with Gasteiger partial charge in [0.1, 0.15) is 5.75 Å². The highest BCUT2D eigenvalue weighted by Crippen LogP contribution is 2.34. The van der Waals surface area contributed by atoms with Gasteiger partial charge in [-0.05, 0) is 60.6 Å². The summed E-state index contributed by atoms with van der Waals surface area (Å²) in [5.74, 6) is 0.884. The first-order valence-electron chi connectivity index (χ1n) is 8.94. The maximum absolute atomic E-state index is 12.4. The van der Waals surface area contributed by atoms with Crippen molar-refractivity contribution in [2.45, 2.75) is 43.7 Å². The van der Waals surface area contributed by atoms with Crippen molar-refractivity contribution in [1.82, 2.24) is 5.32 Å². The molecule has 138 valence electrons. The third-order valence-electron chi connectivity index (χ3n) is 5.02. The van der Waals surface area contributed by atoms with Crippen molar-refractivity contribution in [1.29, 1.82) is 0 Å². The monoisotopic (exact) mass is 373 g/mol. The highest BCUT2D eigenvalue weighted by Gasteiger charge is 2.27. The Hall–Kier alpha value is -2.04. The molecule has 3 atom stereocenters. The van der Waals surface area contributed by atoms with Gasteiger partial charge in [-0.1, -0.05) is 42.3 Å². The van der Waals surface area contributed by atoms with E-state index < -0.39 is 6.10 Å². The summed E-state index contributed by atoms with van der Waals surface area (Å²) in [6.45, 7) is 0. The number of ether oxygens (including phenoxy) is 1. The molecular formula is C21H24ClNO3. The number of methoxy groups -OCH3 is 1. The molecule has 1 amide bonds. The van der Waals surface area contributed by atoms with Crippen LogP contribution >= 0.6 is 11.6 Å². The minimum atomic E-state index is -1.20.